The van der Waals surface area contributed by atoms with Gasteiger partial charge >= 0.3 is 0 Å². The first-order chi connectivity index (χ1) is 16.3. The average Bonchev–Trinajstić information content (AvgIpc) is 2.83. The molecule has 1 aromatic heterocycles. The molecule has 9 heteroatoms. The second-order valence-electron chi connectivity index (χ2n) is 9.70. The molecule has 3 heterocycles. The van der Waals surface area contributed by atoms with Crippen LogP contribution in [0.4, 0.5) is 11.6 Å². The summed E-state index contributed by atoms with van der Waals surface area (Å²) in [6.07, 6.45) is 9.79. The second-order valence-corrected chi connectivity index (χ2v) is 10.3. The maximum Gasteiger partial charge on any atom is 0.230 e. The van der Waals surface area contributed by atoms with Crippen LogP contribution in [-0.2, 0) is 16.0 Å². The summed E-state index contributed by atoms with van der Waals surface area (Å²) in [4.78, 5) is 38.6. The topological polar surface area (TPSA) is 90.5 Å². The quantitative estimate of drug-likeness (QED) is 0.576. The molecule has 0 unspecified atom stereocenters. The van der Waals surface area contributed by atoms with Crippen molar-refractivity contribution < 1.29 is 9.59 Å². The van der Waals surface area contributed by atoms with Crippen molar-refractivity contribution >= 4 is 35.1 Å². The molecular formula is C25H35ClN6O2. The highest BCUT2D eigenvalue weighted by atomic mass is 35.5. The largest absolute Gasteiger partial charge is 0.353 e. The van der Waals surface area contributed by atoms with Crippen LogP contribution < -0.4 is 15.5 Å². The van der Waals surface area contributed by atoms with Gasteiger partial charge in [-0.3, -0.25) is 9.59 Å². The molecule has 0 spiro atoms. The van der Waals surface area contributed by atoms with E-state index >= 15 is 0 Å². The number of aromatic nitrogens is 2. The van der Waals surface area contributed by atoms with Crippen molar-refractivity contribution in [2.75, 3.05) is 42.9 Å². The van der Waals surface area contributed by atoms with Crippen LogP contribution in [0.25, 0.3) is 0 Å². The van der Waals surface area contributed by atoms with Crippen LogP contribution in [0.1, 0.15) is 39.2 Å². The fourth-order valence-corrected chi connectivity index (χ4v) is 4.95. The molecule has 0 radical (unpaired) electrons. The van der Waals surface area contributed by atoms with E-state index in [4.69, 9.17) is 11.6 Å². The van der Waals surface area contributed by atoms with Gasteiger partial charge in [-0.25, -0.2) is 9.97 Å². The third kappa shape index (κ3) is 5.61. The molecule has 2 aliphatic heterocycles. The van der Waals surface area contributed by atoms with Gasteiger partial charge in [0.25, 0.3) is 0 Å². The second kappa shape index (κ2) is 10.9. The molecule has 34 heavy (non-hydrogen) atoms. The number of piperazine rings is 1. The van der Waals surface area contributed by atoms with Crippen molar-refractivity contribution in [2.45, 2.75) is 51.5 Å². The first-order valence-corrected chi connectivity index (χ1v) is 12.7. The highest BCUT2D eigenvalue weighted by Crippen LogP contribution is 2.31. The molecule has 2 N–H and O–H groups in total. The number of alkyl halides is 1. The Bertz CT molecular complexity index is 970. The Morgan fingerprint density at radius 2 is 2.03 bits per heavy atom. The highest BCUT2D eigenvalue weighted by Gasteiger charge is 2.32. The molecule has 184 valence electrons. The molecule has 0 saturated carbocycles. The number of carbonyl (C=O) groups is 2. The first kappa shape index (κ1) is 24.7. The van der Waals surface area contributed by atoms with Crippen LogP contribution in [0.5, 0.6) is 0 Å². The zero-order valence-corrected chi connectivity index (χ0v) is 21.0. The smallest absolute Gasteiger partial charge is 0.230 e. The Balaban J connectivity index is 1.43. The Kier molecular flexibility index (Phi) is 7.88. The van der Waals surface area contributed by atoms with Gasteiger partial charge < -0.3 is 20.4 Å². The molecule has 8 nitrogen and oxygen atoms in total. The predicted molar refractivity (Wildman–Crippen MR) is 135 cm³/mol. The van der Waals surface area contributed by atoms with E-state index in [1.165, 1.54) is 6.33 Å². The average molecular weight is 487 g/mol. The Hall–Kier alpha value is -2.45. The lowest BCUT2D eigenvalue weighted by Crippen LogP contribution is -2.51. The van der Waals surface area contributed by atoms with Gasteiger partial charge in [0.15, 0.2) is 0 Å². The number of halogens is 1. The number of carbonyl (C=O) groups excluding carboxylic acids is 2. The third-order valence-corrected chi connectivity index (χ3v) is 7.10. The van der Waals surface area contributed by atoms with Crippen molar-refractivity contribution in [3.63, 3.8) is 0 Å². The number of hydrogen-bond acceptors (Lipinski definition) is 6. The number of anilines is 2. The minimum atomic E-state index is -0.166. The summed E-state index contributed by atoms with van der Waals surface area (Å²) in [5, 5.41) is 6.34. The Morgan fingerprint density at radius 1 is 1.26 bits per heavy atom. The van der Waals surface area contributed by atoms with Gasteiger partial charge in [-0.05, 0) is 31.4 Å². The summed E-state index contributed by atoms with van der Waals surface area (Å²) in [6.45, 7) is 9.63. The predicted octanol–water partition coefficient (Wildman–Crippen LogP) is 2.75. The summed E-state index contributed by atoms with van der Waals surface area (Å²) in [6, 6.07) is 0.383. The maximum atomic E-state index is 13.6. The van der Waals surface area contributed by atoms with E-state index < -0.39 is 0 Å². The highest BCUT2D eigenvalue weighted by molar-refractivity contribution is 6.22. The van der Waals surface area contributed by atoms with E-state index in [0.717, 1.165) is 36.3 Å². The van der Waals surface area contributed by atoms with E-state index in [1.54, 1.807) is 0 Å². The van der Waals surface area contributed by atoms with E-state index in [2.05, 4.69) is 45.4 Å². The summed E-state index contributed by atoms with van der Waals surface area (Å²) < 4.78 is 0. The number of amides is 2. The van der Waals surface area contributed by atoms with E-state index in [1.807, 2.05) is 24.0 Å². The zero-order chi connectivity index (χ0) is 24.2. The number of fused-ring (bicyclic) bond motifs is 1. The third-order valence-electron chi connectivity index (χ3n) is 6.78. The van der Waals surface area contributed by atoms with Crippen molar-refractivity contribution in [3.8, 4) is 0 Å². The Morgan fingerprint density at radius 3 is 2.71 bits per heavy atom. The number of allylic oxidation sites excluding steroid dienone is 3. The minimum absolute atomic E-state index is 0.00267. The molecule has 1 fully saturated rings. The van der Waals surface area contributed by atoms with Crippen LogP contribution in [0.15, 0.2) is 30.1 Å². The van der Waals surface area contributed by atoms with Gasteiger partial charge in [-0.15, -0.1) is 11.6 Å². The van der Waals surface area contributed by atoms with Crippen molar-refractivity contribution in [1.29, 1.82) is 0 Å². The van der Waals surface area contributed by atoms with E-state index in [0.29, 0.717) is 44.5 Å². The van der Waals surface area contributed by atoms with Crippen molar-refractivity contribution in [3.05, 3.63) is 35.7 Å². The fourth-order valence-electron chi connectivity index (χ4n) is 4.79. The van der Waals surface area contributed by atoms with Gasteiger partial charge in [0.1, 0.15) is 18.0 Å². The lowest BCUT2D eigenvalue weighted by atomic mass is 9.89. The lowest BCUT2D eigenvalue weighted by molar-refractivity contribution is -0.134. The van der Waals surface area contributed by atoms with Crippen molar-refractivity contribution in [1.82, 2.24) is 20.2 Å². The van der Waals surface area contributed by atoms with Crippen molar-refractivity contribution in [2.24, 2.45) is 11.8 Å². The molecule has 1 aliphatic carbocycles. The molecule has 1 aromatic rings. The van der Waals surface area contributed by atoms with Crippen LogP contribution >= 0.6 is 11.6 Å². The van der Waals surface area contributed by atoms with Gasteiger partial charge in [-0.1, -0.05) is 39.0 Å². The molecule has 2 amide bonds. The monoisotopic (exact) mass is 486 g/mol. The minimum Gasteiger partial charge on any atom is -0.353 e. The van der Waals surface area contributed by atoms with Crippen LogP contribution in [0.2, 0.25) is 0 Å². The molecule has 0 bridgehead atoms. The summed E-state index contributed by atoms with van der Waals surface area (Å²) in [7, 11) is 0. The van der Waals surface area contributed by atoms with Crippen LogP contribution in [0, 0.1) is 11.8 Å². The van der Waals surface area contributed by atoms with E-state index in [9.17, 15) is 9.59 Å². The standard InChI is InChI=1S/C25H35ClN6O2/c1-16(2)27-9-8-20(18-4-6-19(26)7-5-18)25(34)32-12-10-31(11-13-32)23-21-14-17(3)24(33)30-22(21)28-15-29-23/h4-6,15-17,19-20,27H,7-14H2,1-3H3,(H,28,29,30,33)/t17-,19-,20-/m1/s1. The van der Waals surface area contributed by atoms with Gasteiger partial charge in [0.2, 0.25) is 11.8 Å². The molecule has 3 atom stereocenters. The Labute approximate surface area is 206 Å². The number of rotatable bonds is 7. The summed E-state index contributed by atoms with van der Waals surface area (Å²) in [5.41, 5.74) is 2.06. The molecule has 4 rings (SSSR count). The van der Waals surface area contributed by atoms with Crippen LogP contribution in [0.3, 0.4) is 0 Å². The SMILES string of the molecule is CC(C)NCC[C@@H](C(=O)N1CCN(c2ncnc3c2C[C@@H](C)C(=O)N3)CC1)C1=CC[C@H](Cl)C=C1. The molecular weight excluding hydrogens is 452 g/mol. The van der Waals surface area contributed by atoms with E-state index in [-0.39, 0.29) is 29.0 Å². The first-order valence-electron chi connectivity index (χ1n) is 12.3. The lowest BCUT2D eigenvalue weighted by Gasteiger charge is -2.38. The number of hydrogen-bond donors (Lipinski definition) is 2. The maximum absolute atomic E-state index is 13.6. The summed E-state index contributed by atoms with van der Waals surface area (Å²) in [5.74, 6) is 1.38. The van der Waals surface area contributed by atoms with Gasteiger partial charge in [-0.2, -0.15) is 0 Å². The molecule has 1 saturated heterocycles. The fraction of sp³-hybridized carbons (Fsp3) is 0.600. The number of nitrogens with one attached hydrogen (secondary N) is 2. The van der Waals surface area contributed by atoms with Crippen LogP contribution in [-0.4, -0.2) is 70.8 Å². The van der Waals surface area contributed by atoms with Gasteiger partial charge in [0, 0.05) is 43.7 Å². The number of nitrogens with zero attached hydrogens (tertiary/aromatic N) is 4. The summed E-state index contributed by atoms with van der Waals surface area (Å²) >= 11 is 6.22. The molecule has 3 aliphatic rings. The normalized spacial score (nSPS) is 23.4. The van der Waals surface area contributed by atoms with Gasteiger partial charge in [0.05, 0.1) is 11.3 Å². The molecule has 0 aromatic carbocycles. The zero-order valence-electron chi connectivity index (χ0n) is 20.3.